The van der Waals surface area contributed by atoms with Crippen LogP contribution in [0.3, 0.4) is 0 Å². The van der Waals surface area contributed by atoms with E-state index in [1.54, 1.807) is 35.0 Å². The number of ether oxygens (including phenoxy) is 2. The Hall–Kier alpha value is -3.13. The van der Waals surface area contributed by atoms with Crippen LogP contribution in [0, 0.1) is 6.92 Å². The predicted octanol–water partition coefficient (Wildman–Crippen LogP) is 3.61. The van der Waals surface area contributed by atoms with E-state index in [1.165, 1.54) is 14.0 Å². The highest BCUT2D eigenvalue weighted by Gasteiger charge is 2.21. The Morgan fingerprint density at radius 1 is 1.28 bits per heavy atom. The van der Waals surface area contributed by atoms with Crippen LogP contribution in [0.1, 0.15) is 29.8 Å². The fourth-order valence-electron chi connectivity index (χ4n) is 2.78. The Bertz CT molecular complexity index is 1080. The number of aromatic nitrogens is 3. The Balaban J connectivity index is 1.71. The lowest BCUT2D eigenvalue weighted by Crippen LogP contribution is -2.30. The lowest BCUT2D eigenvalue weighted by molar-refractivity contribution is -0.123. The molecular formula is C20H21ClN4O4. The zero-order valence-electron chi connectivity index (χ0n) is 16.5. The van der Waals surface area contributed by atoms with Gasteiger partial charge in [0.1, 0.15) is 11.3 Å². The molecule has 0 radical (unpaired) electrons. The van der Waals surface area contributed by atoms with Gasteiger partial charge in [0.05, 0.1) is 23.9 Å². The number of hydrogen-bond donors (Lipinski definition) is 1. The van der Waals surface area contributed by atoms with E-state index in [4.69, 9.17) is 21.1 Å². The first kappa shape index (κ1) is 20.6. The number of halogens is 1. The number of esters is 1. The lowest BCUT2D eigenvalue weighted by Gasteiger charge is -2.16. The summed E-state index contributed by atoms with van der Waals surface area (Å²) in [5, 5.41) is 11.3. The van der Waals surface area contributed by atoms with Gasteiger partial charge in [-0.2, -0.15) is 0 Å². The maximum absolute atomic E-state index is 12.5. The second-order valence-corrected chi connectivity index (χ2v) is 6.85. The Kier molecular flexibility index (Phi) is 6.03. The van der Waals surface area contributed by atoms with Crippen molar-refractivity contribution in [1.82, 2.24) is 15.0 Å². The third kappa shape index (κ3) is 4.32. The number of carbonyl (C=O) groups is 2. The maximum atomic E-state index is 12.5. The molecule has 8 nitrogen and oxygen atoms in total. The van der Waals surface area contributed by atoms with Gasteiger partial charge >= 0.3 is 5.97 Å². The number of fused-ring (bicyclic) bond motifs is 1. The van der Waals surface area contributed by atoms with Crippen LogP contribution in [0.15, 0.2) is 30.3 Å². The van der Waals surface area contributed by atoms with E-state index in [-0.39, 0.29) is 0 Å². The molecule has 0 fully saturated rings. The quantitative estimate of drug-likeness (QED) is 0.617. The van der Waals surface area contributed by atoms with E-state index in [0.717, 1.165) is 11.1 Å². The van der Waals surface area contributed by atoms with Gasteiger partial charge in [-0.15, -0.1) is 5.10 Å². The molecule has 1 amide bonds. The second kappa shape index (κ2) is 8.48. The average Bonchev–Trinajstić information content (AvgIpc) is 3.12. The fraction of sp³-hybridized carbons (Fsp3) is 0.300. The number of aryl methyl sites for hydroxylation is 2. The first-order valence-corrected chi connectivity index (χ1v) is 9.41. The number of nitrogens with zero attached hydrogens (tertiary/aromatic N) is 3. The summed E-state index contributed by atoms with van der Waals surface area (Å²) in [7, 11) is 1.48. The van der Waals surface area contributed by atoms with Crippen LogP contribution >= 0.6 is 11.6 Å². The molecule has 9 heteroatoms. The van der Waals surface area contributed by atoms with Gasteiger partial charge in [-0.3, -0.25) is 4.79 Å². The molecule has 1 aromatic heterocycles. The summed E-state index contributed by atoms with van der Waals surface area (Å²) in [6, 6.07) is 8.27. The number of hydrogen-bond acceptors (Lipinski definition) is 6. The Morgan fingerprint density at radius 3 is 2.72 bits per heavy atom. The summed E-state index contributed by atoms with van der Waals surface area (Å²) in [4.78, 5) is 25.0. The van der Waals surface area contributed by atoms with Crippen molar-refractivity contribution in [2.24, 2.45) is 0 Å². The van der Waals surface area contributed by atoms with E-state index in [0.29, 0.717) is 34.1 Å². The smallest absolute Gasteiger partial charge is 0.338 e. The highest BCUT2D eigenvalue weighted by atomic mass is 35.5. The third-order valence-electron chi connectivity index (χ3n) is 4.44. The second-order valence-electron chi connectivity index (χ2n) is 6.45. The van der Waals surface area contributed by atoms with Gasteiger partial charge in [0.15, 0.2) is 6.10 Å². The minimum absolute atomic E-state index is 0.292. The van der Waals surface area contributed by atoms with Crippen molar-refractivity contribution in [2.45, 2.75) is 33.4 Å². The first-order chi connectivity index (χ1) is 13.8. The Labute approximate surface area is 172 Å². The number of methoxy groups -OCH3 is 1. The molecule has 0 aliphatic heterocycles. The molecule has 3 aromatic rings. The van der Waals surface area contributed by atoms with E-state index >= 15 is 0 Å². The summed E-state index contributed by atoms with van der Waals surface area (Å²) in [5.41, 5.74) is 2.92. The van der Waals surface area contributed by atoms with E-state index in [9.17, 15) is 9.59 Å². The molecule has 3 rings (SSSR count). The molecule has 1 atom stereocenters. The van der Waals surface area contributed by atoms with Crippen LogP contribution in [0.4, 0.5) is 5.69 Å². The molecule has 0 saturated heterocycles. The van der Waals surface area contributed by atoms with Crippen molar-refractivity contribution in [3.8, 4) is 5.75 Å². The standard InChI is InChI=1S/C20H21ClN4O4/c1-5-25-17-7-6-13(9-15(17)23-24-25)20(27)29-12(3)19(26)22-16-8-11(2)14(21)10-18(16)28-4/h6-10,12H,5H2,1-4H3,(H,22,26)/t12-/m0/s1. The summed E-state index contributed by atoms with van der Waals surface area (Å²) in [6.07, 6.45) is -1.02. The highest BCUT2D eigenvalue weighted by Crippen LogP contribution is 2.31. The minimum Gasteiger partial charge on any atom is -0.495 e. The van der Waals surface area contributed by atoms with Crippen molar-refractivity contribution >= 4 is 40.2 Å². The number of benzene rings is 2. The van der Waals surface area contributed by atoms with Crippen LogP contribution in [0.2, 0.25) is 5.02 Å². The molecule has 29 heavy (non-hydrogen) atoms. The third-order valence-corrected chi connectivity index (χ3v) is 4.85. The van der Waals surface area contributed by atoms with Crippen LogP contribution in [-0.2, 0) is 16.1 Å². The number of nitrogens with one attached hydrogen (secondary N) is 1. The van der Waals surface area contributed by atoms with Crippen LogP contribution in [0.5, 0.6) is 5.75 Å². The molecule has 1 N–H and O–H groups in total. The van der Waals surface area contributed by atoms with Crippen molar-refractivity contribution < 1.29 is 19.1 Å². The van der Waals surface area contributed by atoms with Gasteiger partial charge in [-0.25, -0.2) is 9.48 Å². The molecular weight excluding hydrogens is 396 g/mol. The van der Waals surface area contributed by atoms with Crippen molar-refractivity contribution in [3.05, 3.63) is 46.5 Å². The molecule has 1 heterocycles. The molecule has 152 valence electrons. The minimum atomic E-state index is -1.02. The van der Waals surface area contributed by atoms with Crippen LogP contribution in [-0.4, -0.2) is 40.1 Å². The van der Waals surface area contributed by atoms with Gasteiger partial charge in [0, 0.05) is 17.6 Å². The number of amides is 1. The summed E-state index contributed by atoms with van der Waals surface area (Å²) in [6.45, 7) is 5.93. The summed E-state index contributed by atoms with van der Waals surface area (Å²) < 4.78 is 12.3. The number of anilines is 1. The van der Waals surface area contributed by atoms with Gasteiger partial charge in [0.25, 0.3) is 5.91 Å². The zero-order chi connectivity index (χ0) is 21.1. The Morgan fingerprint density at radius 2 is 2.03 bits per heavy atom. The SMILES string of the molecule is CCn1nnc2cc(C(=O)O[C@@H](C)C(=O)Nc3cc(C)c(Cl)cc3OC)ccc21. The molecule has 0 bridgehead atoms. The van der Waals surface area contributed by atoms with Gasteiger partial charge in [0.2, 0.25) is 0 Å². The van der Waals surface area contributed by atoms with Gasteiger partial charge in [-0.1, -0.05) is 16.8 Å². The molecule has 2 aromatic carbocycles. The number of carbonyl (C=O) groups excluding carboxylic acids is 2. The normalized spacial score (nSPS) is 11.9. The molecule has 0 spiro atoms. The molecule has 0 unspecified atom stereocenters. The molecule has 0 aliphatic carbocycles. The lowest BCUT2D eigenvalue weighted by atomic mass is 10.2. The van der Waals surface area contributed by atoms with E-state index in [1.807, 2.05) is 13.8 Å². The monoisotopic (exact) mass is 416 g/mol. The maximum Gasteiger partial charge on any atom is 0.338 e. The van der Waals surface area contributed by atoms with Gasteiger partial charge < -0.3 is 14.8 Å². The van der Waals surface area contributed by atoms with Crippen LogP contribution in [0.25, 0.3) is 11.0 Å². The summed E-state index contributed by atoms with van der Waals surface area (Å²) in [5.74, 6) is -0.701. The van der Waals surface area contributed by atoms with Crippen molar-refractivity contribution in [1.29, 1.82) is 0 Å². The summed E-state index contributed by atoms with van der Waals surface area (Å²) >= 11 is 6.08. The topological polar surface area (TPSA) is 95.3 Å². The first-order valence-electron chi connectivity index (χ1n) is 9.03. The van der Waals surface area contributed by atoms with Crippen molar-refractivity contribution in [3.63, 3.8) is 0 Å². The van der Waals surface area contributed by atoms with E-state index in [2.05, 4.69) is 15.6 Å². The average molecular weight is 417 g/mol. The molecule has 0 aliphatic rings. The van der Waals surface area contributed by atoms with Gasteiger partial charge in [-0.05, 0) is 50.6 Å². The van der Waals surface area contributed by atoms with Crippen molar-refractivity contribution in [2.75, 3.05) is 12.4 Å². The fourth-order valence-corrected chi connectivity index (χ4v) is 2.93. The predicted molar refractivity (Wildman–Crippen MR) is 109 cm³/mol. The molecule has 0 saturated carbocycles. The highest BCUT2D eigenvalue weighted by molar-refractivity contribution is 6.31. The number of rotatable bonds is 6. The van der Waals surface area contributed by atoms with E-state index < -0.39 is 18.0 Å². The largest absolute Gasteiger partial charge is 0.495 e. The van der Waals surface area contributed by atoms with Crippen LogP contribution < -0.4 is 10.1 Å². The zero-order valence-corrected chi connectivity index (χ0v) is 17.3.